The Morgan fingerprint density at radius 3 is 2.57 bits per heavy atom. The summed E-state index contributed by atoms with van der Waals surface area (Å²) in [7, 11) is 1.72. The number of aliphatic imine (C=N–C) groups is 1. The van der Waals surface area contributed by atoms with Gasteiger partial charge in [-0.3, -0.25) is 4.99 Å². The minimum atomic E-state index is -0.199. The fraction of sp³-hybridized carbons (Fsp3) is 0.474. The maximum atomic E-state index is 14.5. The number of ether oxygens (including phenoxy) is 1. The number of morpholine rings is 1. The molecular formula is C19H27FIN5OS. The summed E-state index contributed by atoms with van der Waals surface area (Å²) in [6, 6.07) is 5.38. The van der Waals surface area contributed by atoms with Crippen LogP contribution in [0.3, 0.4) is 0 Å². The molecule has 1 aliphatic heterocycles. The molecule has 2 N–H and O–H groups in total. The van der Waals surface area contributed by atoms with Crippen LogP contribution in [0.15, 0.2) is 23.2 Å². The number of anilines is 1. The van der Waals surface area contributed by atoms with Crippen LogP contribution in [0.25, 0.3) is 0 Å². The molecule has 0 bridgehead atoms. The molecule has 0 aliphatic carbocycles. The van der Waals surface area contributed by atoms with E-state index in [9.17, 15) is 4.39 Å². The Hall–Kier alpha value is -1.46. The summed E-state index contributed by atoms with van der Waals surface area (Å²) in [6.45, 7) is 7.91. The second-order valence-corrected chi connectivity index (χ2v) is 7.69. The molecule has 1 fully saturated rings. The van der Waals surface area contributed by atoms with E-state index in [1.165, 1.54) is 4.88 Å². The summed E-state index contributed by atoms with van der Waals surface area (Å²) in [5.74, 6) is 0.480. The van der Waals surface area contributed by atoms with Crippen molar-refractivity contribution < 1.29 is 9.13 Å². The van der Waals surface area contributed by atoms with Crippen molar-refractivity contribution in [1.29, 1.82) is 0 Å². The van der Waals surface area contributed by atoms with Crippen LogP contribution in [-0.4, -0.2) is 44.3 Å². The number of nitrogens with zero attached hydrogens (tertiary/aromatic N) is 3. The highest BCUT2D eigenvalue weighted by Gasteiger charge is 2.15. The fourth-order valence-corrected chi connectivity index (χ4v) is 3.91. The Morgan fingerprint density at radius 2 is 1.96 bits per heavy atom. The molecule has 1 aromatic carbocycles. The van der Waals surface area contributed by atoms with Crippen LogP contribution in [0.2, 0.25) is 0 Å². The smallest absolute Gasteiger partial charge is 0.191 e. The van der Waals surface area contributed by atoms with Gasteiger partial charge in [0.1, 0.15) is 5.82 Å². The molecule has 0 amide bonds. The van der Waals surface area contributed by atoms with E-state index in [1.54, 1.807) is 24.5 Å². The van der Waals surface area contributed by atoms with Crippen molar-refractivity contribution in [2.45, 2.75) is 26.9 Å². The third kappa shape index (κ3) is 6.02. The molecule has 1 aromatic heterocycles. The Morgan fingerprint density at radius 1 is 1.25 bits per heavy atom. The molecule has 0 atom stereocenters. The molecule has 0 unspecified atom stereocenters. The number of nitrogens with one attached hydrogen (secondary N) is 2. The lowest BCUT2D eigenvalue weighted by Crippen LogP contribution is -2.37. The van der Waals surface area contributed by atoms with Crippen LogP contribution >= 0.6 is 35.3 Å². The van der Waals surface area contributed by atoms with Crippen LogP contribution < -0.4 is 15.5 Å². The van der Waals surface area contributed by atoms with Crippen LogP contribution in [-0.2, 0) is 17.8 Å². The Kier molecular flexibility index (Phi) is 8.90. The summed E-state index contributed by atoms with van der Waals surface area (Å²) in [6.07, 6.45) is 0. The monoisotopic (exact) mass is 519 g/mol. The first kappa shape index (κ1) is 22.8. The molecule has 1 saturated heterocycles. The first-order valence-corrected chi connectivity index (χ1v) is 9.87. The molecule has 0 radical (unpaired) electrons. The van der Waals surface area contributed by atoms with E-state index in [0.29, 0.717) is 38.0 Å². The molecule has 6 nitrogen and oxygen atoms in total. The van der Waals surface area contributed by atoms with E-state index in [2.05, 4.69) is 20.6 Å². The Bertz CT molecular complexity index is 808. The second-order valence-electron chi connectivity index (χ2n) is 6.41. The van der Waals surface area contributed by atoms with Gasteiger partial charge in [-0.15, -0.1) is 35.3 Å². The molecule has 2 aromatic rings. The van der Waals surface area contributed by atoms with Crippen molar-refractivity contribution in [1.82, 2.24) is 15.6 Å². The average Bonchev–Trinajstić information content (AvgIpc) is 3.00. The number of benzene rings is 1. The first-order valence-electron chi connectivity index (χ1n) is 9.05. The number of rotatable bonds is 5. The van der Waals surface area contributed by atoms with Crippen molar-refractivity contribution >= 4 is 47.0 Å². The highest BCUT2D eigenvalue weighted by molar-refractivity contribution is 14.0. The van der Waals surface area contributed by atoms with Crippen molar-refractivity contribution in [3.05, 3.63) is 45.2 Å². The van der Waals surface area contributed by atoms with E-state index < -0.39 is 0 Å². The molecule has 154 valence electrons. The number of thiazole rings is 1. The van der Waals surface area contributed by atoms with Gasteiger partial charge in [0.2, 0.25) is 0 Å². The topological polar surface area (TPSA) is 61.8 Å². The number of halogens is 2. The summed E-state index contributed by atoms with van der Waals surface area (Å²) >= 11 is 1.68. The SMILES string of the molecule is CN=C(NCc1ccc(N2CCOCC2)c(F)c1)NCc1sc(C)nc1C.I. The summed E-state index contributed by atoms with van der Waals surface area (Å²) < 4.78 is 19.8. The molecule has 28 heavy (non-hydrogen) atoms. The van der Waals surface area contributed by atoms with Crippen LogP contribution in [0, 0.1) is 19.7 Å². The minimum Gasteiger partial charge on any atom is -0.378 e. The fourth-order valence-electron chi connectivity index (χ4n) is 3.03. The van der Waals surface area contributed by atoms with Gasteiger partial charge in [0.05, 0.1) is 36.1 Å². The Labute approximate surface area is 186 Å². The normalized spacial score (nSPS) is 14.6. The third-order valence-electron chi connectivity index (χ3n) is 4.46. The van der Waals surface area contributed by atoms with Gasteiger partial charge in [0.25, 0.3) is 0 Å². The average molecular weight is 519 g/mol. The van der Waals surface area contributed by atoms with Gasteiger partial charge in [-0.05, 0) is 31.5 Å². The van der Waals surface area contributed by atoms with Gasteiger partial charge in [-0.25, -0.2) is 9.37 Å². The van der Waals surface area contributed by atoms with E-state index in [-0.39, 0.29) is 29.8 Å². The number of aryl methyl sites for hydroxylation is 2. The maximum Gasteiger partial charge on any atom is 0.191 e. The lowest BCUT2D eigenvalue weighted by atomic mass is 10.1. The lowest BCUT2D eigenvalue weighted by Gasteiger charge is -2.29. The number of hydrogen-bond donors (Lipinski definition) is 2. The van der Waals surface area contributed by atoms with E-state index in [1.807, 2.05) is 30.9 Å². The number of hydrogen-bond acceptors (Lipinski definition) is 5. The Balaban J connectivity index is 0.00000280. The molecule has 3 rings (SSSR count). The van der Waals surface area contributed by atoms with Gasteiger partial charge in [0.15, 0.2) is 5.96 Å². The number of guanidine groups is 1. The quantitative estimate of drug-likeness (QED) is 0.361. The zero-order valence-electron chi connectivity index (χ0n) is 16.4. The molecule has 0 spiro atoms. The number of aromatic nitrogens is 1. The second kappa shape index (κ2) is 10.9. The molecule has 2 heterocycles. The van der Waals surface area contributed by atoms with Gasteiger partial charge in [0, 0.05) is 31.6 Å². The van der Waals surface area contributed by atoms with Crippen molar-refractivity contribution in [2.24, 2.45) is 4.99 Å². The third-order valence-corrected chi connectivity index (χ3v) is 5.54. The van der Waals surface area contributed by atoms with E-state index >= 15 is 0 Å². The van der Waals surface area contributed by atoms with Crippen LogP contribution in [0.1, 0.15) is 21.1 Å². The van der Waals surface area contributed by atoms with Crippen molar-refractivity contribution in [3.8, 4) is 0 Å². The summed E-state index contributed by atoms with van der Waals surface area (Å²) in [5.41, 5.74) is 2.55. The molecule has 9 heteroatoms. The minimum absolute atomic E-state index is 0. The highest BCUT2D eigenvalue weighted by atomic mass is 127. The van der Waals surface area contributed by atoms with Gasteiger partial charge < -0.3 is 20.3 Å². The predicted molar refractivity (Wildman–Crippen MR) is 123 cm³/mol. The maximum absolute atomic E-state index is 14.5. The van der Waals surface area contributed by atoms with Gasteiger partial charge in [-0.1, -0.05) is 6.07 Å². The van der Waals surface area contributed by atoms with Crippen molar-refractivity contribution in [3.63, 3.8) is 0 Å². The summed E-state index contributed by atoms with van der Waals surface area (Å²) in [4.78, 5) is 11.9. The standard InChI is InChI=1S/C19H26FN5OS.HI/c1-13-18(27-14(2)24-13)12-23-19(21-3)22-11-15-4-5-17(16(20)10-15)25-6-8-26-9-7-25;/h4-5,10H,6-9,11-12H2,1-3H3,(H2,21,22,23);1H. The largest absolute Gasteiger partial charge is 0.378 e. The van der Waals surface area contributed by atoms with E-state index in [0.717, 1.165) is 29.4 Å². The van der Waals surface area contributed by atoms with Gasteiger partial charge >= 0.3 is 0 Å². The lowest BCUT2D eigenvalue weighted by molar-refractivity contribution is 0.122. The first-order chi connectivity index (χ1) is 13.1. The summed E-state index contributed by atoms with van der Waals surface area (Å²) in [5, 5.41) is 7.57. The van der Waals surface area contributed by atoms with Gasteiger partial charge in [-0.2, -0.15) is 0 Å². The van der Waals surface area contributed by atoms with E-state index in [4.69, 9.17) is 4.74 Å². The highest BCUT2D eigenvalue weighted by Crippen LogP contribution is 2.21. The van der Waals surface area contributed by atoms with Crippen LogP contribution in [0.4, 0.5) is 10.1 Å². The zero-order chi connectivity index (χ0) is 19.2. The predicted octanol–water partition coefficient (Wildman–Crippen LogP) is 3.22. The zero-order valence-corrected chi connectivity index (χ0v) is 19.6. The molecule has 0 saturated carbocycles. The van der Waals surface area contributed by atoms with Crippen molar-refractivity contribution in [2.75, 3.05) is 38.3 Å². The molecule has 1 aliphatic rings. The molecular weight excluding hydrogens is 492 g/mol. The van der Waals surface area contributed by atoms with Crippen LogP contribution in [0.5, 0.6) is 0 Å².